The first-order chi connectivity index (χ1) is 22.8. The van der Waals surface area contributed by atoms with E-state index in [1.807, 2.05) is 0 Å². The van der Waals surface area contributed by atoms with Gasteiger partial charge in [0, 0.05) is 18.3 Å². The van der Waals surface area contributed by atoms with E-state index in [2.05, 4.69) is 125 Å². The Labute approximate surface area is 311 Å². The molecule has 0 radical (unpaired) electrons. The van der Waals surface area contributed by atoms with Gasteiger partial charge in [0.1, 0.15) is 11.9 Å². The molecule has 3 unspecified atom stereocenters. The second-order valence-corrected chi connectivity index (χ2v) is 33.5. The maximum Gasteiger partial charge on any atom is 0.308 e. The summed E-state index contributed by atoms with van der Waals surface area (Å²) in [5, 5.41) is 0.0969. The fraction of sp³-hybridized carbons (Fsp3) is 0.854. The highest BCUT2D eigenvalue weighted by Gasteiger charge is 2.50. The van der Waals surface area contributed by atoms with Gasteiger partial charge >= 0.3 is 5.97 Å². The van der Waals surface area contributed by atoms with Crippen molar-refractivity contribution in [3.63, 3.8) is 0 Å². The molecule has 0 aromatic rings. The van der Waals surface area contributed by atoms with Crippen molar-refractivity contribution in [2.75, 3.05) is 7.11 Å². The van der Waals surface area contributed by atoms with E-state index in [0.29, 0.717) is 18.8 Å². The fourth-order valence-electron chi connectivity index (χ4n) is 6.72. The summed E-state index contributed by atoms with van der Waals surface area (Å²) < 4.78 is 26.2. The first-order valence-electron chi connectivity index (χ1n) is 19.6. The Morgan fingerprint density at radius 1 is 0.960 bits per heavy atom. The van der Waals surface area contributed by atoms with Crippen molar-refractivity contribution in [1.82, 2.24) is 0 Å². The molecular formula is C41H76O6Si3. The van der Waals surface area contributed by atoms with Crippen LogP contribution in [-0.4, -0.2) is 62.1 Å². The minimum absolute atomic E-state index is 0.0102. The number of esters is 1. The lowest BCUT2D eigenvalue weighted by Gasteiger charge is -2.40. The van der Waals surface area contributed by atoms with Gasteiger partial charge in [0.05, 0.1) is 31.2 Å². The molecule has 8 atom stereocenters. The molecule has 2 fully saturated rings. The van der Waals surface area contributed by atoms with Crippen molar-refractivity contribution in [2.45, 2.75) is 187 Å². The maximum absolute atomic E-state index is 14.3. The Balaban J connectivity index is 2.63. The first kappa shape index (κ1) is 45.1. The van der Waals surface area contributed by atoms with E-state index in [0.717, 1.165) is 25.7 Å². The van der Waals surface area contributed by atoms with Crippen LogP contribution in [0.4, 0.5) is 0 Å². The lowest BCUT2D eigenvalue weighted by Crippen LogP contribution is -2.46. The summed E-state index contributed by atoms with van der Waals surface area (Å²) in [5.41, 5.74) is 0. The molecule has 0 aromatic heterocycles. The molecule has 2 aliphatic carbocycles. The molecule has 2 aliphatic rings. The van der Waals surface area contributed by atoms with E-state index in [1.165, 1.54) is 26.4 Å². The largest absolute Gasteiger partial charge is 0.469 e. The van der Waals surface area contributed by atoms with E-state index < -0.39 is 37.0 Å². The van der Waals surface area contributed by atoms with Crippen molar-refractivity contribution >= 4 is 36.7 Å². The van der Waals surface area contributed by atoms with Crippen molar-refractivity contribution in [1.29, 1.82) is 0 Å². The van der Waals surface area contributed by atoms with E-state index in [4.69, 9.17) is 18.0 Å². The van der Waals surface area contributed by atoms with Crippen molar-refractivity contribution in [3.05, 3.63) is 12.2 Å². The fourth-order valence-corrected chi connectivity index (χ4v) is 10.3. The molecule has 288 valence electrons. The van der Waals surface area contributed by atoms with Crippen molar-refractivity contribution in [3.8, 4) is 11.8 Å². The second-order valence-electron chi connectivity index (χ2n) is 19.5. The molecule has 0 aromatic carbocycles. The SMILES string of the molecule is CCCC[C@H](C)C[C@@H](/C=C/[C@@H]1[C@@H](C(C#CC2CCCC(C(=O)OC)C2)O[Si](C)(C)C)C(=O)C[C@H]1O[Si](C)(C)C(C)(C)C)O[Si](C)(C)C(C)(C)C. The quantitative estimate of drug-likeness (QED) is 0.0719. The van der Waals surface area contributed by atoms with Crippen molar-refractivity contribution in [2.24, 2.45) is 29.6 Å². The highest BCUT2D eigenvalue weighted by Crippen LogP contribution is 2.44. The normalized spacial score (nSPS) is 26.0. The zero-order valence-electron chi connectivity index (χ0n) is 35.1. The van der Waals surface area contributed by atoms with E-state index >= 15 is 0 Å². The Hall–Kier alpha value is -1.03. The van der Waals surface area contributed by atoms with Crippen LogP contribution < -0.4 is 0 Å². The molecule has 0 saturated heterocycles. The van der Waals surface area contributed by atoms with Crippen LogP contribution in [-0.2, 0) is 27.6 Å². The van der Waals surface area contributed by atoms with Gasteiger partial charge < -0.3 is 18.0 Å². The van der Waals surface area contributed by atoms with E-state index in [9.17, 15) is 9.59 Å². The zero-order valence-corrected chi connectivity index (χ0v) is 38.1. The van der Waals surface area contributed by atoms with Gasteiger partial charge in [-0.15, -0.1) is 0 Å². The molecular weight excluding hydrogens is 673 g/mol. The van der Waals surface area contributed by atoms with Gasteiger partial charge in [-0.25, -0.2) is 0 Å². The molecule has 2 saturated carbocycles. The number of ether oxygens (including phenoxy) is 1. The number of carbonyl (C=O) groups excluding carboxylic acids is 2. The summed E-state index contributed by atoms with van der Waals surface area (Å²) in [4.78, 5) is 26.7. The van der Waals surface area contributed by atoms with Crippen molar-refractivity contribution < 1.29 is 27.6 Å². The summed E-state index contributed by atoms with van der Waals surface area (Å²) in [5.74, 6) is 6.99. The van der Waals surface area contributed by atoms with Gasteiger partial charge in [-0.3, -0.25) is 9.59 Å². The predicted octanol–water partition coefficient (Wildman–Crippen LogP) is 10.9. The van der Waals surface area contributed by atoms with Crippen LogP contribution in [0.15, 0.2) is 12.2 Å². The molecule has 0 spiro atoms. The number of methoxy groups -OCH3 is 1. The Morgan fingerprint density at radius 3 is 2.12 bits per heavy atom. The summed E-state index contributed by atoms with van der Waals surface area (Å²) in [6.45, 7) is 34.0. The topological polar surface area (TPSA) is 71.1 Å². The molecule has 0 N–H and O–H groups in total. The van der Waals surface area contributed by atoms with Crippen LogP contribution in [0.5, 0.6) is 0 Å². The third-order valence-electron chi connectivity index (χ3n) is 11.8. The average molecular weight is 749 g/mol. The van der Waals surface area contributed by atoms with Gasteiger partial charge in [0.2, 0.25) is 0 Å². The molecule has 0 heterocycles. The van der Waals surface area contributed by atoms with Gasteiger partial charge in [-0.2, -0.15) is 0 Å². The summed E-state index contributed by atoms with van der Waals surface area (Å²) in [7, 11) is -4.92. The summed E-state index contributed by atoms with van der Waals surface area (Å²) in [6.07, 6.45) is 12.1. The minimum Gasteiger partial charge on any atom is -0.469 e. The summed E-state index contributed by atoms with van der Waals surface area (Å²) >= 11 is 0. The summed E-state index contributed by atoms with van der Waals surface area (Å²) in [6, 6.07) is 0. The molecule has 0 bridgehead atoms. The number of hydrogen-bond donors (Lipinski definition) is 0. The average Bonchev–Trinajstić information content (AvgIpc) is 3.28. The third-order valence-corrected chi connectivity index (χ3v) is 21.8. The van der Waals surface area contributed by atoms with Gasteiger partial charge in [0.15, 0.2) is 25.0 Å². The Bertz CT molecular complexity index is 1200. The first-order valence-corrected chi connectivity index (χ1v) is 28.9. The minimum atomic E-state index is -2.20. The number of unbranched alkanes of at least 4 members (excludes halogenated alkanes) is 1. The third kappa shape index (κ3) is 13.4. The molecule has 9 heteroatoms. The smallest absolute Gasteiger partial charge is 0.308 e. The molecule has 50 heavy (non-hydrogen) atoms. The Kier molecular flexibility index (Phi) is 16.6. The molecule has 2 rings (SSSR count). The number of ketones is 1. The molecule has 6 nitrogen and oxygen atoms in total. The van der Waals surface area contributed by atoms with Crippen LogP contribution in [0.3, 0.4) is 0 Å². The number of Topliss-reactive ketones (excluding diaryl/α,β-unsaturated/α-hetero) is 1. The standard InChI is InChI=1S/C41H76O6Si3/c1-17-18-20-30(2)27-33(45-49(13,14)40(3,4)5)24-25-34-37(47-50(15,16)41(6,7)8)29-35(42)38(34)36(46-48(10,11)12)26-23-31-21-19-22-32(28-31)39(43)44-9/h24-25,30-34,36-38H,17-22,27-29H2,1-16H3/b25-24+/t30-,31?,32?,33+,34-,36?,37+,38+/m0/s1. The zero-order chi connectivity index (χ0) is 38.3. The highest BCUT2D eigenvalue weighted by molar-refractivity contribution is 6.74. The van der Waals surface area contributed by atoms with Gasteiger partial charge in [-0.1, -0.05) is 105 Å². The van der Waals surface area contributed by atoms with Crippen LogP contribution >= 0.6 is 0 Å². The molecule has 0 aliphatic heterocycles. The monoisotopic (exact) mass is 748 g/mol. The van der Waals surface area contributed by atoms with Crippen LogP contribution in [0, 0.1) is 41.4 Å². The second kappa shape index (κ2) is 18.3. The lowest BCUT2D eigenvalue weighted by atomic mass is 9.81. The molecule has 0 amide bonds. The van der Waals surface area contributed by atoms with E-state index in [1.54, 1.807) is 0 Å². The predicted molar refractivity (Wildman–Crippen MR) is 217 cm³/mol. The van der Waals surface area contributed by atoms with Crippen LogP contribution in [0.2, 0.25) is 55.9 Å². The number of hydrogen-bond acceptors (Lipinski definition) is 6. The van der Waals surface area contributed by atoms with Crippen LogP contribution in [0.1, 0.15) is 113 Å². The maximum atomic E-state index is 14.3. The van der Waals surface area contributed by atoms with Gasteiger partial charge in [-0.05, 0) is 87.5 Å². The Morgan fingerprint density at radius 2 is 1.58 bits per heavy atom. The number of rotatable bonds is 15. The van der Waals surface area contributed by atoms with Crippen LogP contribution in [0.25, 0.3) is 0 Å². The highest BCUT2D eigenvalue weighted by atomic mass is 28.4. The lowest BCUT2D eigenvalue weighted by molar-refractivity contribution is -0.146. The number of carbonyl (C=O) groups is 2. The van der Waals surface area contributed by atoms with E-state index in [-0.39, 0.29) is 51.8 Å². The van der Waals surface area contributed by atoms with Gasteiger partial charge in [0.25, 0.3) is 0 Å².